The van der Waals surface area contributed by atoms with Gasteiger partial charge in [-0.3, -0.25) is 4.98 Å². The van der Waals surface area contributed by atoms with E-state index in [1.807, 2.05) is 12.4 Å². The molecule has 1 fully saturated rings. The standard InChI is InChI=1S/C13H21N3/c1-11-9-14-8-6-13(11)16(2)10-12-5-3-4-7-15-12/h6,8-9,12,15H,3-5,7,10H2,1-2H3. The maximum atomic E-state index is 4.13. The van der Waals surface area contributed by atoms with Crippen molar-refractivity contribution in [3.63, 3.8) is 0 Å². The molecule has 0 spiro atoms. The number of likely N-dealkylation sites (N-methyl/N-ethyl adjacent to an activating group) is 1. The van der Waals surface area contributed by atoms with Crippen LogP contribution in [0.3, 0.4) is 0 Å². The molecule has 88 valence electrons. The largest absolute Gasteiger partial charge is 0.373 e. The maximum absolute atomic E-state index is 4.13. The summed E-state index contributed by atoms with van der Waals surface area (Å²) in [4.78, 5) is 6.47. The van der Waals surface area contributed by atoms with Crippen molar-refractivity contribution in [2.75, 3.05) is 25.0 Å². The summed E-state index contributed by atoms with van der Waals surface area (Å²) in [6, 6.07) is 2.74. The van der Waals surface area contributed by atoms with Crippen molar-refractivity contribution in [2.45, 2.75) is 32.2 Å². The Labute approximate surface area is 97.9 Å². The van der Waals surface area contributed by atoms with Gasteiger partial charge in [0.15, 0.2) is 0 Å². The highest BCUT2D eigenvalue weighted by Gasteiger charge is 2.15. The summed E-state index contributed by atoms with van der Waals surface area (Å²) in [5, 5.41) is 3.58. The number of anilines is 1. The number of hydrogen-bond acceptors (Lipinski definition) is 3. The second kappa shape index (κ2) is 5.30. The third-order valence-corrected chi connectivity index (χ3v) is 3.31. The maximum Gasteiger partial charge on any atom is 0.0424 e. The number of piperidine rings is 1. The van der Waals surface area contributed by atoms with E-state index < -0.39 is 0 Å². The van der Waals surface area contributed by atoms with Crippen molar-refractivity contribution >= 4 is 5.69 Å². The van der Waals surface area contributed by atoms with Crippen LogP contribution in [0.1, 0.15) is 24.8 Å². The van der Waals surface area contributed by atoms with Crippen molar-refractivity contribution in [3.8, 4) is 0 Å². The lowest BCUT2D eigenvalue weighted by atomic mass is 10.0. The summed E-state index contributed by atoms with van der Waals surface area (Å²) in [7, 11) is 2.17. The molecule has 1 aliphatic heterocycles. The molecule has 1 saturated heterocycles. The molecule has 0 saturated carbocycles. The molecule has 3 nitrogen and oxygen atoms in total. The molecule has 0 aliphatic carbocycles. The number of aryl methyl sites for hydroxylation is 1. The first kappa shape index (κ1) is 11.4. The van der Waals surface area contributed by atoms with Crippen molar-refractivity contribution in [2.24, 2.45) is 0 Å². The van der Waals surface area contributed by atoms with Gasteiger partial charge >= 0.3 is 0 Å². The van der Waals surface area contributed by atoms with Crippen molar-refractivity contribution in [3.05, 3.63) is 24.0 Å². The van der Waals surface area contributed by atoms with Crippen LogP contribution in [-0.4, -0.2) is 31.2 Å². The second-order valence-electron chi connectivity index (χ2n) is 4.69. The Balaban J connectivity index is 1.96. The molecular weight excluding hydrogens is 198 g/mol. The summed E-state index contributed by atoms with van der Waals surface area (Å²) in [5.41, 5.74) is 2.54. The van der Waals surface area contributed by atoms with E-state index in [1.165, 1.54) is 37.1 Å². The summed E-state index contributed by atoms with van der Waals surface area (Å²) in [5.74, 6) is 0. The Bertz CT molecular complexity index is 332. The minimum absolute atomic E-state index is 0.645. The van der Waals surface area contributed by atoms with Gasteiger partial charge in [0, 0.05) is 37.7 Å². The van der Waals surface area contributed by atoms with Crippen LogP contribution < -0.4 is 10.2 Å². The molecule has 1 N–H and O–H groups in total. The summed E-state index contributed by atoms with van der Waals surface area (Å²) in [6.45, 7) is 4.38. The van der Waals surface area contributed by atoms with Gasteiger partial charge in [-0.1, -0.05) is 6.42 Å². The van der Waals surface area contributed by atoms with Gasteiger partial charge in [0.1, 0.15) is 0 Å². The molecule has 1 unspecified atom stereocenters. The van der Waals surface area contributed by atoms with Crippen LogP contribution in [0, 0.1) is 6.92 Å². The van der Waals surface area contributed by atoms with Crippen LogP contribution >= 0.6 is 0 Å². The second-order valence-corrected chi connectivity index (χ2v) is 4.69. The monoisotopic (exact) mass is 219 g/mol. The summed E-state index contributed by atoms with van der Waals surface area (Å²) >= 11 is 0. The minimum atomic E-state index is 0.645. The van der Waals surface area contributed by atoms with E-state index in [2.05, 4.69) is 35.2 Å². The lowest BCUT2D eigenvalue weighted by Gasteiger charge is -2.30. The Morgan fingerprint density at radius 2 is 2.38 bits per heavy atom. The van der Waals surface area contributed by atoms with Crippen molar-refractivity contribution in [1.29, 1.82) is 0 Å². The normalized spacial score (nSPS) is 20.8. The molecule has 0 bridgehead atoms. The van der Waals surface area contributed by atoms with Gasteiger partial charge in [-0.2, -0.15) is 0 Å². The van der Waals surface area contributed by atoms with Gasteiger partial charge < -0.3 is 10.2 Å². The highest BCUT2D eigenvalue weighted by molar-refractivity contribution is 5.50. The number of hydrogen-bond donors (Lipinski definition) is 1. The van der Waals surface area contributed by atoms with Gasteiger partial charge in [0.25, 0.3) is 0 Å². The Morgan fingerprint density at radius 1 is 1.50 bits per heavy atom. The molecule has 16 heavy (non-hydrogen) atoms. The zero-order valence-corrected chi connectivity index (χ0v) is 10.2. The van der Waals surface area contributed by atoms with E-state index in [0.717, 1.165) is 6.54 Å². The van der Waals surface area contributed by atoms with Gasteiger partial charge in [-0.05, 0) is 37.9 Å². The average Bonchev–Trinajstić information content (AvgIpc) is 2.31. The van der Waals surface area contributed by atoms with Crippen molar-refractivity contribution in [1.82, 2.24) is 10.3 Å². The molecule has 1 aromatic heterocycles. The summed E-state index contributed by atoms with van der Waals surface area (Å²) in [6.07, 6.45) is 7.79. The SMILES string of the molecule is Cc1cnccc1N(C)CC1CCCCN1. The molecule has 3 heteroatoms. The minimum Gasteiger partial charge on any atom is -0.373 e. The van der Waals surface area contributed by atoms with E-state index >= 15 is 0 Å². The summed E-state index contributed by atoms with van der Waals surface area (Å²) < 4.78 is 0. The predicted molar refractivity (Wildman–Crippen MR) is 67.9 cm³/mol. The Morgan fingerprint density at radius 3 is 3.06 bits per heavy atom. The fourth-order valence-corrected chi connectivity index (χ4v) is 2.40. The number of nitrogens with zero attached hydrogens (tertiary/aromatic N) is 2. The van der Waals surface area contributed by atoms with E-state index in [-0.39, 0.29) is 0 Å². The van der Waals surface area contributed by atoms with E-state index in [4.69, 9.17) is 0 Å². The van der Waals surface area contributed by atoms with Crippen LogP contribution in [0.2, 0.25) is 0 Å². The van der Waals surface area contributed by atoms with Crippen LogP contribution in [0.25, 0.3) is 0 Å². The molecule has 1 aromatic rings. The third kappa shape index (κ3) is 2.73. The average molecular weight is 219 g/mol. The topological polar surface area (TPSA) is 28.2 Å². The third-order valence-electron chi connectivity index (χ3n) is 3.31. The zero-order chi connectivity index (χ0) is 11.4. The van der Waals surface area contributed by atoms with Crippen LogP contribution in [0.5, 0.6) is 0 Å². The molecule has 0 aromatic carbocycles. The first-order valence-corrected chi connectivity index (χ1v) is 6.12. The molecular formula is C13H21N3. The molecule has 1 atom stereocenters. The molecule has 2 heterocycles. The van der Waals surface area contributed by atoms with Gasteiger partial charge in [0.2, 0.25) is 0 Å². The molecule has 0 amide bonds. The van der Waals surface area contributed by atoms with Crippen LogP contribution in [-0.2, 0) is 0 Å². The number of pyridine rings is 1. The van der Waals surface area contributed by atoms with Gasteiger partial charge in [-0.25, -0.2) is 0 Å². The van der Waals surface area contributed by atoms with E-state index in [0.29, 0.717) is 6.04 Å². The predicted octanol–water partition coefficient (Wildman–Crippen LogP) is 1.97. The number of rotatable bonds is 3. The van der Waals surface area contributed by atoms with E-state index in [1.54, 1.807) is 0 Å². The Hall–Kier alpha value is -1.09. The smallest absolute Gasteiger partial charge is 0.0424 e. The first-order valence-electron chi connectivity index (χ1n) is 6.12. The van der Waals surface area contributed by atoms with Crippen molar-refractivity contribution < 1.29 is 0 Å². The van der Waals surface area contributed by atoms with Gasteiger partial charge in [0.05, 0.1) is 0 Å². The lowest BCUT2D eigenvalue weighted by molar-refractivity contribution is 0.403. The fraction of sp³-hybridized carbons (Fsp3) is 0.615. The van der Waals surface area contributed by atoms with Gasteiger partial charge in [-0.15, -0.1) is 0 Å². The highest BCUT2D eigenvalue weighted by atomic mass is 15.1. The molecule has 2 rings (SSSR count). The Kier molecular flexibility index (Phi) is 3.78. The van der Waals surface area contributed by atoms with E-state index in [9.17, 15) is 0 Å². The highest BCUT2D eigenvalue weighted by Crippen LogP contribution is 2.18. The first-order chi connectivity index (χ1) is 7.77. The quantitative estimate of drug-likeness (QED) is 0.842. The number of nitrogens with one attached hydrogen (secondary N) is 1. The molecule has 0 radical (unpaired) electrons. The zero-order valence-electron chi connectivity index (χ0n) is 10.2. The lowest BCUT2D eigenvalue weighted by Crippen LogP contribution is -2.42. The van der Waals surface area contributed by atoms with Crippen LogP contribution in [0.4, 0.5) is 5.69 Å². The number of aromatic nitrogens is 1. The molecule has 1 aliphatic rings. The van der Waals surface area contributed by atoms with Crippen LogP contribution in [0.15, 0.2) is 18.5 Å². The fourth-order valence-electron chi connectivity index (χ4n) is 2.40.